The quantitative estimate of drug-likeness (QED) is 0.187. The van der Waals surface area contributed by atoms with Gasteiger partial charge in [-0.15, -0.1) is 0 Å². The SMILES string of the molecule is SCCCCCCCCCCCC1=CCC(CCCCCC2=CC=CC2)=C1. The molecule has 0 atom stereocenters. The highest BCUT2D eigenvalue weighted by Gasteiger charge is 2.07. The average molecular weight is 387 g/mol. The molecule has 0 amide bonds. The number of rotatable bonds is 17. The van der Waals surface area contributed by atoms with Crippen molar-refractivity contribution in [3.8, 4) is 0 Å². The monoisotopic (exact) mass is 386 g/mol. The first-order valence-corrected chi connectivity index (χ1v) is 12.4. The Morgan fingerprint density at radius 3 is 1.89 bits per heavy atom. The molecular formula is C26H42S. The van der Waals surface area contributed by atoms with Crippen molar-refractivity contribution in [2.24, 2.45) is 0 Å². The van der Waals surface area contributed by atoms with Gasteiger partial charge < -0.3 is 0 Å². The van der Waals surface area contributed by atoms with Gasteiger partial charge in [0.1, 0.15) is 0 Å². The molecule has 2 rings (SSSR count). The van der Waals surface area contributed by atoms with Crippen LogP contribution in [0.25, 0.3) is 0 Å². The smallest absolute Gasteiger partial charge is 0.00979 e. The van der Waals surface area contributed by atoms with Crippen LogP contribution in [0.1, 0.15) is 109 Å². The van der Waals surface area contributed by atoms with Crippen molar-refractivity contribution >= 4 is 12.6 Å². The molecule has 0 aromatic rings. The molecule has 0 N–H and O–H groups in total. The minimum absolute atomic E-state index is 1.06. The molecule has 2 aliphatic rings. The van der Waals surface area contributed by atoms with Crippen molar-refractivity contribution in [1.82, 2.24) is 0 Å². The van der Waals surface area contributed by atoms with E-state index >= 15 is 0 Å². The number of thiol groups is 1. The number of unbranched alkanes of at least 4 members (excludes halogenated alkanes) is 10. The van der Waals surface area contributed by atoms with Gasteiger partial charge in [-0.05, 0) is 63.5 Å². The molecule has 152 valence electrons. The van der Waals surface area contributed by atoms with E-state index in [4.69, 9.17) is 0 Å². The lowest BCUT2D eigenvalue weighted by Gasteiger charge is -2.04. The largest absolute Gasteiger partial charge is 0.179 e. The first-order chi connectivity index (χ1) is 13.4. The molecule has 0 aromatic heterocycles. The van der Waals surface area contributed by atoms with E-state index in [9.17, 15) is 0 Å². The van der Waals surface area contributed by atoms with E-state index in [2.05, 4.69) is 43.0 Å². The van der Waals surface area contributed by atoms with Crippen LogP contribution < -0.4 is 0 Å². The van der Waals surface area contributed by atoms with E-state index in [1.807, 2.05) is 0 Å². The first-order valence-electron chi connectivity index (χ1n) is 11.7. The van der Waals surface area contributed by atoms with E-state index in [1.54, 1.807) is 16.7 Å². The Labute approximate surface area is 174 Å². The van der Waals surface area contributed by atoms with Gasteiger partial charge in [-0.25, -0.2) is 0 Å². The molecule has 1 heteroatoms. The van der Waals surface area contributed by atoms with Gasteiger partial charge in [0, 0.05) is 0 Å². The predicted octanol–water partition coefficient (Wildman–Crippen LogP) is 8.91. The van der Waals surface area contributed by atoms with E-state index in [0.717, 1.165) is 5.75 Å². The minimum atomic E-state index is 1.06. The summed E-state index contributed by atoms with van der Waals surface area (Å²) in [4.78, 5) is 0. The summed E-state index contributed by atoms with van der Waals surface area (Å²) in [5, 5.41) is 0. The molecule has 0 radical (unpaired) electrons. The van der Waals surface area contributed by atoms with Gasteiger partial charge in [0.15, 0.2) is 0 Å². The standard InChI is InChI=1S/C26H42S/c27-22-14-7-5-3-1-2-4-6-9-18-25-20-21-26(23-25)19-11-8-10-15-24-16-12-13-17-24/h12-13,16,20,23,27H,1-11,14-15,17-19,21-22H2. The second-order valence-electron chi connectivity index (χ2n) is 8.46. The lowest BCUT2D eigenvalue weighted by molar-refractivity contribution is 0.566. The second kappa shape index (κ2) is 15.3. The molecule has 0 fully saturated rings. The van der Waals surface area contributed by atoms with Gasteiger partial charge >= 0.3 is 0 Å². The summed E-state index contributed by atoms with van der Waals surface area (Å²) in [5.41, 5.74) is 4.94. The summed E-state index contributed by atoms with van der Waals surface area (Å²) in [6.45, 7) is 0. The van der Waals surface area contributed by atoms with Gasteiger partial charge in [0.25, 0.3) is 0 Å². The summed E-state index contributed by atoms with van der Waals surface area (Å²) < 4.78 is 0. The average Bonchev–Trinajstić information content (AvgIpc) is 3.35. The van der Waals surface area contributed by atoms with Crippen LogP contribution in [-0.2, 0) is 0 Å². The minimum Gasteiger partial charge on any atom is -0.179 e. The van der Waals surface area contributed by atoms with E-state index < -0.39 is 0 Å². The Morgan fingerprint density at radius 1 is 0.630 bits per heavy atom. The van der Waals surface area contributed by atoms with E-state index in [0.29, 0.717) is 0 Å². The molecule has 27 heavy (non-hydrogen) atoms. The van der Waals surface area contributed by atoms with Crippen molar-refractivity contribution in [3.63, 3.8) is 0 Å². The Hall–Kier alpha value is -0.690. The van der Waals surface area contributed by atoms with E-state index in [-0.39, 0.29) is 0 Å². The number of hydrogen-bond acceptors (Lipinski definition) is 1. The summed E-state index contributed by atoms with van der Waals surface area (Å²) in [7, 11) is 0. The Bertz CT molecular complexity index is 506. The van der Waals surface area contributed by atoms with Crippen molar-refractivity contribution in [3.05, 3.63) is 47.1 Å². The van der Waals surface area contributed by atoms with Gasteiger partial charge in [-0.3, -0.25) is 0 Å². The Morgan fingerprint density at radius 2 is 1.22 bits per heavy atom. The second-order valence-corrected chi connectivity index (χ2v) is 8.91. The maximum Gasteiger partial charge on any atom is -0.00979 e. The third-order valence-corrected chi connectivity index (χ3v) is 6.30. The fraction of sp³-hybridized carbons (Fsp3) is 0.692. The Balaban J connectivity index is 1.38. The predicted molar refractivity (Wildman–Crippen MR) is 126 cm³/mol. The highest BCUT2D eigenvalue weighted by molar-refractivity contribution is 7.80. The number of allylic oxidation sites excluding steroid dienone is 8. The van der Waals surface area contributed by atoms with Gasteiger partial charge in [0.2, 0.25) is 0 Å². The normalized spacial score (nSPS) is 16.0. The maximum absolute atomic E-state index is 4.27. The molecule has 0 spiro atoms. The zero-order valence-corrected chi connectivity index (χ0v) is 18.5. The first kappa shape index (κ1) is 22.6. The van der Waals surface area contributed by atoms with E-state index in [1.165, 1.54) is 109 Å². The number of hydrogen-bond donors (Lipinski definition) is 1. The highest BCUT2D eigenvalue weighted by atomic mass is 32.1. The van der Waals surface area contributed by atoms with Crippen LogP contribution in [0.3, 0.4) is 0 Å². The van der Waals surface area contributed by atoms with Crippen LogP contribution in [0.4, 0.5) is 0 Å². The van der Waals surface area contributed by atoms with Crippen molar-refractivity contribution in [2.75, 3.05) is 5.75 Å². The molecule has 0 unspecified atom stereocenters. The topological polar surface area (TPSA) is 0 Å². The zero-order chi connectivity index (χ0) is 19.0. The zero-order valence-electron chi connectivity index (χ0n) is 17.6. The maximum atomic E-state index is 4.27. The van der Waals surface area contributed by atoms with Crippen molar-refractivity contribution in [1.29, 1.82) is 0 Å². The van der Waals surface area contributed by atoms with Gasteiger partial charge in [0.05, 0.1) is 0 Å². The summed E-state index contributed by atoms with van der Waals surface area (Å²) in [5.74, 6) is 1.06. The Kier molecular flexibility index (Phi) is 12.8. The third-order valence-electron chi connectivity index (χ3n) is 5.98. The highest BCUT2D eigenvalue weighted by Crippen LogP contribution is 2.26. The van der Waals surface area contributed by atoms with Gasteiger partial charge in [-0.1, -0.05) is 98.5 Å². The van der Waals surface area contributed by atoms with Gasteiger partial charge in [-0.2, -0.15) is 12.6 Å². The summed E-state index contributed by atoms with van der Waals surface area (Å²) in [6.07, 6.45) is 34.9. The summed E-state index contributed by atoms with van der Waals surface area (Å²) >= 11 is 4.27. The molecule has 2 aliphatic carbocycles. The van der Waals surface area contributed by atoms with Crippen molar-refractivity contribution in [2.45, 2.75) is 109 Å². The van der Waals surface area contributed by atoms with Crippen LogP contribution in [0.2, 0.25) is 0 Å². The van der Waals surface area contributed by atoms with Crippen LogP contribution >= 0.6 is 12.6 Å². The molecular weight excluding hydrogens is 344 g/mol. The molecule has 0 aliphatic heterocycles. The molecule has 0 saturated carbocycles. The fourth-order valence-corrected chi connectivity index (χ4v) is 4.45. The lowest BCUT2D eigenvalue weighted by atomic mass is 10.0. The fourth-order valence-electron chi connectivity index (χ4n) is 4.23. The van der Waals surface area contributed by atoms with Crippen molar-refractivity contribution < 1.29 is 0 Å². The molecule has 0 nitrogen and oxygen atoms in total. The van der Waals surface area contributed by atoms with Crippen LogP contribution in [0.5, 0.6) is 0 Å². The molecule has 0 aromatic carbocycles. The lowest BCUT2D eigenvalue weighted by Crippen LogP contribution is -1.84. The molecule has 0 saturated heterocycles. The molecule has 0 heterocycles. The van der Waals surface area contributed by atoms with Crippen LogP contribution in [0.15, 0.2) is 47.1 Å². The van der Waals surface area contributed by atoms with Crippen LogP contribution in [0, 0.1) is 0 Å². The van der Waals surface area contributed by atoms with Crippen LogP contribution in [-0.4, -0.2) is 5.75 Å². The molecule has 0 bridgehead atoms. The summed E-state index contributed by atoms with van der Waals surface area (Å²) in [6, 6.07) is 0. The third kappa shape index (κ3) is 11.0.